The van der Waals surface area contributed by atoms with Crippen molar-refractivity contribution in [2.45, 2.75) is 27.7 Å². The molecule has 1 aliphatic heterocycles. The van der Waals surface area contributed by atoms with E-state index in [4.69, 9.17) is 0 Å². The Bertz CT molecular complexity index is 705. The Hall–Kier alpha value is -2.31. The molecule has 0 unspecified atom stereocenters. The molecule has 2 aromatic heterocycles. The van der Waals surface area contributed by atoms with E-state index in [0.717, 1.165) is 4.90 Å². The van der Waals surface area contributed by atoms with Gasteiger partial charge in [0.05, 0.1) is 17.2 Å². The molecule has 20 heavy (non-hydrogen) atoms. The van der Waals surface area contributed by atoms with Crippen molar-refractivity contribution in [1.29, 1.82) is 0 Å². The number of rotatable bonds is 1. The molecule has 3 heterocycles. The van der Waals surface area contributed by atoms with Crippen LogP contribution in [-0.2, 0) is 9.59 Å². The van der Waals surface area contributed by atoms with E-state index in [1.165, 1.54) is 12.7 Å². The average molecular weight is 273 g/mol. The van der Waals surface area contributed by atoms with E-state index in [2.05, 4.69) is 19.9 Å². The normalized spacial score (nSPS) is 20.9. The van der Waals surface area contributed by atoms with Gasteiger partial charge in [-0.1, -0.05) is 0 Å². The van der Waals surface area contributed by atoms with Crippen molar-refractivity contribution in [3.63, 3.8) is 0 Å². The Morgan fingerprint density at radius 3 is 2.20 bits per heavy atom. The monoisotopic (exact) mass is 273 g/mol. The second kappa shape index (κ2) is 3.62. The van der Waals surface area contributed by atoms with Crippen molar-refractivity contribution in [3.8, 4) is 0 Å². The van der Waals surface area contributed by atoms with Crippen molar-refractivity contribution in [1.82, 2.24) is 19.9 Å². The summed E-state index contributed by atoms with van der Waals surface area (Å²) in [6.07, 6.45) is 2.77. The maximum atomic E-state index is 12.6. The lowest BCUT2D eigenvalue weighted by atomic mass is 9.70. The molecule has 2 amide bonds. The number of carbonyl (C=O) groups is 2. The van der Waals surface area contributed by atoms with Gasteiger partial charge < -0.3 is 4.98 Å². The fraction of sp³-hybridized carbons (Fsp3) is 0.462. The zero-order chi connectivity index (χ0) is 14.7. The molecule has 0 spiro atoms. The zero-order valence-corrected chi connectivity index (χ0v) is 11.8. The van der Waals surface area contributed by atoms with E-state index in [1.807, 2.05) is 0 Å². The molecule has 1 fully saturated rings. The highest BCUT2D eigenvalue weighted by Gasteiger charge is 2.60. The molecule has 0 radical (unpaired) electrons. The third kappa shape index (κ3) is 1.32. The number of hydrogen-bond acceptors (Lipinski definition) is 5. The predicted octanol–water partition coefficient (Wildman–Crippen LogP) is 1.28. The maximum absolute atomic E-state index is 12.6. The molecule has 0 saturated carbocycles. The number of H-pyrrole nitrogens is 1. The first kappa shape index (κ1) is 12.7. The SMILES string of the molecule is CC1(C)C(=O)N(c2ncnc3nc[nH]c23)C(=O)C1(C)C. The minimum Gasteiger partial charge on any atom is -0.340 e. The third-order valence-corrected chi connectivity index (χ3v) is 4.45. The van der Waals surface area contributed by atoms with Crippen LogP contribution in [0.3, 0.4) is 0 Å². The quantitative estimate of drug-likeness (QED) is 0.790. The van der Waals surface area contributed by atoms with Gasteiger partial charge >= 0.3 is 0 Å². The van der Waals surface area contributed by atoms with E-state index >= 15 is 0 Å². The first-order valence-corrected chi connectivity index (χ1v) is 6.31. The maximum Gasteiger partial charge on any atom is 0.241 e. The topological polar surface area (TPSA) is 91.8 Å². The minimum absolute atomic E-state index is 0.262. The summed E-state index contributed by atoms with van der Waals surface area (Å²) in [4.78, 5) is 41.4. The summed E-state index contributed by atoms with van der Waals surface area (Å²) in [6, 6.07) is 0. The lowest BCUT2D eigenvalue weighted by Gasteiger charge is -2.28. The number of nitrogens with zero attached hydrogens (tertiary/aromatic N) is 4. The molecule has 104 valence electrons. The number of aromatic amines is 1. The van der Waals surface area contributed by atoms with Gasteiger partial charge in [0.2, 0.25) is 11.8 Å². The summed E-state index contributed by atoms with van der Waals surface area (Å²) < 4.78 is 0. The number of aromatic nitrogens is 4. The minimum atomic E-state index is -0.790. The van der Waals surface area contributed by atoms with Gasteiger partial charge in [-0.3, -0.25) is 9.59 Å². The molecule has 1 N–H and O–H groups in total. The second-order valence-electron chi connectivity index (χ2n) is 5.99. The van der Waals surface area contributed by atoms with E-state index in [1.54, 1.807) is 27.7 Å². The van der Waals surface area contributed by atoms with Gasteiger partial charge in [0.15, 0.2) is 11.5 Å². The van der Waals surface area contributed by atoms with Gasteiger partial charge in [0.25, 0.3) is 0 Å². The van der Waals surface area contributed by atoms with Gasteiger partial charge in [0, 0.05) is 0 Å². The fourth-order valence-corrected chi connectivity index (χ4v) is 2.30. The van der Waals surface area contributed by atoms with E-state index < -0.39 is 10.8 Å². The van der Waals surface area contributed by atoms with Crippen LogP contribution in [0.2, 0.25) is 0 Å². The van der Waals surface area contributed by atoms with Crippen LogP contribution in [0.1, 0.15) is 27.7 Å². The summed E-state index contributed by atoms with van der Waals surface area (Å²) in [5.41, 5.74) is -0.663. The Morgan fingerprint density at radius 2 is 1.60 bits per heavy atom. The molecule has 0 aromatic carbocycles. The van der Waals surface area contributed by atoms with Gasteiger partial charge in [-0.15, -0.1) is 0 Å². The summed E-state index contributed by atoms with van der Waals surface area (Å²) in [7, 11) is 0. The summed E-state index contributed by atoms with van der Waals surface area (Å²) in [5.74, 6) is -0.259. The smallest absolute Gasteiger partial charge is 0.241 e. The highest BCUT2D eigenvalue weighted by molar-refractivity contribution is 6.26. The lowest BCUT2D eigenvalue weighted by molar-refractivity contribution is -0.129. The van der Waals surface area contributed by atoms with Gasteiger partial charge in [-0.2, -0.15) is 0 Å². The van der Waals surface area contributed by atoms with Crippen molar-refractivity contribution < 1.29 is 9.59 Å². The summed E-state index contributed by atoms with van der Waals surface area (Å²) in [5, 5.41) is 0. The largest absolute Gasteiger partial charge is 0.340 e. The Labute approximate surface area is 115 Å². The first-order chi connectivity index (χ1) is 9.28. The molecule has 2 aromatic rings. The highest BCUT2D eigenvalue weighted by Crippen LogP contribution is 2.48. The molecule has 1 aliphatic rings. The summed E-state index contributed by atoms with van der Waals surface area (Å²) >= 11 is 0. The standard InChI is InChI=1S/C13H15N5O2/c1-12(2)10(19)18(11(20)13(12,3)4)9-7-8(15-5-14-7)16-6-17-9/h5-6H,1-4H3,(H,14,15,16,17). The average Bonchev–Trinajstić information content (AvgIpc) is 2.90. The number of carbonyl (C=O) groups excluding carboxylic acids is 2. The zero-order valence-electron chi connectivity index (χ0n) is 11.8. The van der Waals surface area contributed by atoms with E-state index in [0.29, 0.717) is 11.2 Å². The Balaban J connectivity index is 2.23. The molecular formula is C13H15N5O2. The molecule has 0 bridgehead atoms. The molecule has 0 aliphatic carbocycles. The van der Waals surface area contributed by atoms with Crippen LogP contribution >= 0.6 is 0 Å². The fourth-order valence-electron chi connectivity index (χ4n) is 2.30. The van der Waals surface area contributed by atoms with Gasteiger partial charge in [-0.25, -0.2) is 19.9 Å². The van der Waals surface area contributed by atoms with Crippen LogP contribution in [0.15, 0.2) is 12.7 Å². The molecular weight excluding hydrogens is 258 g/mol. The predicted molar refractivity (Wildman–Crippen MR) is 71.7 cm³/mol. The van der Waals surface area contributed by atoms with Crippen molar-refractivity contribution >= 4 is 28.8 Å². The van der Waals surface area contributed by atoms with E-state index in [9.17, 15) is 9.59 Å². The van der Waals surface area contributed by atoms with Gasteiger partial charge in [-0.05, 0) is 27.7 Å². The lowest BCUT2D eigenvalue weighted by Crippen LogP contribution is -2.35. The third-order valence-electron chi connectivity index (χ3n) is 4.45. The molecule has 0 atom stereocenters. The molecule has 7 nitrogen and oxygen atoms in total. The number of fused-ring (bicyclic) bond motifs is 1. The molecule has 7 heteroatoms. The number of anilines is 1. The van der Waals surface area contributed by atoms with Crippen molar-refractivity contribution in [2.75, 3.05) is 4.90 Å². The molecule has 3 rings (SSSR count). The van der Waals surface area contributed by atoms with Crippen LogP contribution in [0, 0.1) is 10.8 Å². The number of imidazole rings is 1. The number of nitrogens with one attached hydrogen (secondary N) is 1. The first-order valence-electron chi connectivity index (χ1n) is 6.31. The van der Waals surface area contributed by atoms with Crippen LogP contribution in [0.4, 0.5) is 5.82 Å². The van der Waals surface area contributed by atoms with Crippen molar-refractivity contribution in [2.24, 2.45) is 10.8 Å². The van der Waals surface area contributed by atoms with Crippen molar-refractivity contribution in [3.05, 3.63) is 12.7 Å². The van der Waals surface area contributed by atoms with Crippen LogP contribution in [0.5, 0.6) is 0 Å². The van der Waals surface area contributed by atoms with Crippen LogP contribution in [0.25, 0.3) is 11.2 Å². The van der Waals surface area contributed by atoms with Gasteiger partial charge in [0.1, 0.15) is 11.8 Å². The summed E-state index contributed by atoms with van der Waals surface area (Å²) in [6.45, 7) is 7.11. The second-order valence-corrected chi connectivity index (χ2v) is 5.99. The molecule has 1 saturated heterocycles. The number of imide groups is 1. The number of amides is 2. The van der Waals surface area contributed by atoms with Crippen LogP contribution < -0.4 is 4.90 Å². The Kier molecular flexibility index (Phi) is 2.30. The Morgan fingerprint density at radius 1 is 1.00 bits per heavy atom. The highest BCUT2D eigenvalue weighted by atomic mass is 16.2. The number of hydrogen-bond donors (Lipinski definition) is 1. The van der Waals surface area contributed by atoms with Crippen LogP contribution in [-0.4, -0.2) is 31.8 Å². The van der Waals surface area contributed by atoms with E-state index in [-0.39, 0.29) is 17.6 Å².